The van der Waals surface area contributed by atoms with Gasteiger partial charge in [-0.2, -0.15) is 12.7 Å². The molecule has 38 heavy (non-hydrogen) atoms. The van der Waals surface area contributed by atoms with Gasteiger partial charge >= 0.3 is 16.3 Å². The van der Waals surface area contributed by atoms with Gasteiger partial charge in [0.15, 0.2) is 6.10 Å². The van der Waals surface area contributed by atoms with Crippen LogP contribution in [0, 0.1) is 5.92 Å². The van der Waals surface area contributed by atoms with E-state index in [1.165, 1.54) is 9.21 Å². The van der Waals surface area contributed by atoms with Crippen molar-refractivity contribution in [3.05, 3.63) is 12.2 Å². The van der Waals surface area contributed by atoms with Gasteiger partial charge in [0.2, 0.25) is 5.91 Å². The van der Waals surface area contributed by atoms with Gasteiger partial charge in [0.25, 0.3) is 11.8 Å². The predicted octanol–water partition coefficient (Wildman–Crippen LogP) is 1.07. The molecular formula is C25H39N5O7S. The molecule has 3 heterocycles. The number of hydrogen-bond donors (Lipinski definition) is 3. The summed E-state index contributed by atoms with van der Waals surface area (Å²) in [6, 6.07) is -1.09. The second-order valence-corrected chi connectivity index (χ2v) is 12.5. The minimum Gasteiger partial charge on any atom is -0.436 e. The summed E-state index contributed by atoms with van der Waals surface area (Å²) in [7, 11) is -4.09. The summed E-state index contributed by atoms with van der Waals surface area (Å²) >= 11 is 0. The van der Waals surface area contributed by atoms with Crippen molar-refractivity contribution in [1.82, 2.24) is 19.2 Å². The van der Waals surface area contributed by atoms with Gasteiger partial charge in [-0.05, 0) is 64.7 Å². The largest absolute Gasteiger partial charge is 0.436 e. The first-order valence-electron chi connectivity index (χ1n) is 13.6. The van der Waals surface area contributed by atoms with Crippen LogP contribution >= 0.6 is 0 Å². The first-order valence-corrected chi connectivity index (χ1v) is 15.1. The molecule has 13 heteroatoms. The van der Waals surface area contributed by atoms with E-state index in [0.717, 1.165) is 32.1 Å². The second kappa shape index (κ2) is 11.6. The molecule has 0 radical (unpaired) electrons. The Hall–Kier alpha value is -2.67. The van der Waals surface area contributed by atoms with Crippen molar-refractivity contribution in [2.45, 2.75) is 101 Å². The molecule has 0 spiro atoms. The number of primary amides is 1. The Morgan fingerprint density at radius 1 is 1.08 bits per heavy atom. The second-order valence-electron chi connectivity index (χ2n) is 10.8. The van der Waals surface area contributed by atoms with Crippen LogP contribution in [0.3, 0.4) is 0 Å². The normalized spacial score (nSPS) is 33.2. The van der Waals surface area contributed by atoms with Gasteiger partial charge in [0, 0.05) is 25.0 Å². The van der Waals surface area contributed by atoms with E-state index in [1.54, 1.807) is 0 Å². The molecule has 2 saturated heterocycles. The molecule has 3 fully saturated rings. The van der Waals surface area contributed by atoms with Crippen LogP contribution in [0.4, 0.5) is 4.79 Å². The lowest BCUT2D eigenvalue weighted by Gasteiger charge is -2.33. The van der Waals surface area contributed by atoms with Crippen molar-refractivity contribution in [3.8, 4) is 0 Å². The van der Waals surface area contributed by atoms with E-state index in [9.17, 15) is 27.6 Å². The number of fused-ring (bicyclic) bond motifs is 2. The number of piperidine rings is 1. The van der Waals surface area contributed by atoms with E-state index in [2.05, 4.69) is 10.0 Å². The fourth-order valence-electron chi connectivity index (χ4n) is 5.87. The van der Waals surface area contributed by atoms with Gasteiger partial charge in [-0.15, -0.1) is 0 Å². The molecule has 1 saturated carbocycles. The average Bonchev–Trinajstić information content (AvgIpc) is 3.31. The number of nitrogens with one attached hydrogen (secondary N) is 2. The summed E-state index contributed by atoms with van der Waals surface area (Å²) in [6.07, 6.45) is 8.53. The van der Waals surface area contributed by atoms with Gasteiger partial charge in [0.1, 0.15) is 11.6 Å². The molecule has 1 aliphatic carbocycles. The average molecular weight is 554 g/mol. The van der Waals surface area contributed by atoms with E-state index in [4.69, 9.17) is 10.5 Å². The minimum absolute atomic E-state index is 0.224. The third-order valence-corrected chi connectivity index (χ3v) is 9.72. The molecule has 4 amide bonds. The van der Waals surface area contributed by atoms with Crippen LogP contribution in [0.25, 0.3) is 0 Å². The van der Waals surface area contributed by atoms with Crippen molar-refractivity contribution < 1.29 is 32.3 Å². The first-order chi connectivity index (χ1) is 18.0. The van der Waals surface area contributed by atoms with E-state index >= 15 is 0 Å². The standard InChI is InChI=1S/C25H39N5O7S/c1-17-10-7-8-15-30(17)38(35,36)28-23(33)25-16-18(25)11-5-3-2-4-6-13-20(37-24(26)34)22(32)29-14-9-12-19(29)21(31)27-25/h5,11,17-20H,2-4,6-10,12-16H2,1H3,(H2,26,34)(H,27,31)(H,28,33). The number of ether oxygens (including phenoxy) is 1. The van der Waals surface area contributed by atoms with Crippen molar-refractivity contribution in [3.63, 3.8) is 0 Å². The lowest BCUT2D eigenvalue weighted by Crippen LogP contribution is -2.59. The van der Waals surface area contributed by atoms with Crippen LogP contribution in [-0.2, 0) is 29.3 Å². The Labute approximate surface area is 223 Å². The molecule has 5 atom stereocenters. The number of nitrogens with two attached hydrogens (primary N) is 1. The summed E-state index contributed by atoms with van der Waals surface area (Å²) in [5, 5.41) is 2.81. The summed E-state index contributed by atoms with van der Waals surface area (Å²) in [6.45, 7) is 2.45. The molecule has 0 aromatic rings. The highest BCUT2D eigenvalue weighted by Gasteiger charge is 2.61. The third kappa shape index (κ3) is 6.14. The van der Waals surface area contributed by atoms with Gasteiger partial charge in [-0.1, -0.05) is 25.0 Å². The van der Waals surface area contributed by atoms with Crippen LogP contribution in [0.2, 0.25) is 0 Å². The van der Waals surface area contributed by atoms with Crippen LogP contribution in [-0.4, -0.2) is 78.3 Å². The zero-order valence-electron chi connectivity index (χ0n) is 21.9. The Morgan fingerprint density at radius 2 is 1.84 bits per heavy atom. The smallest absolute Gasteiger partial charge is 0.405 e. The quantitative estimate of drug-likeness (QED) is 0.438. The summed E-state index contributed by atoms with van der Waals surface area (Å²) in [4.78, 5) is 53.1. The zero-order chi connectivity index (χ0) is 27.5. The minimum atomic E-state index is -4.09. The molecule has 3 aliphatic heterocycles. The molecule has 212 valence electrons. The SMILES string of the molecule is CC1CCCCN1S(=O)(=O)NC(=O)C12CC1C=CCCCCCC(OC(N)=O)C(=O)N1CCCC1C(=O)N2. The molecule has 0 bridgehead atoms. The lowest BCUT2D eigenvalue weighted by molar-refractivity contribution is -0.146. The summed E-state index contributed by atoms with van der Waals surface area (Å²) in [5.74, 6) is -2.14. The number of carbonyl (C=O) groups is 4. The highest BCUT2D eigenvalue weighted by Crippen LogP contribution is 2.45. The number of hydrogen-bond acceptors (Lipinski definition) is 7. The fraction of sp³-hybridized carbons (Fsp3) is 0.760. The van der Waals surface area contributed by atoms with Crippen molar-refractivity contribution in [2.24, 2.45) is 11.7 Å². The number of nitrogens with zero attached hydrogens (tertiary/aromatic N) is 2. The Bertz CT molecular complexity index is 1080. The lowest BCUT2D eigenvalue weighted by atomic mass is 10.1. The van der Waals surface area contributed by atoms with Crippen LogP contribution in [0.1, 0.15) is 77.6 Å². The molecule has 4 aliphatic rings. The highest BCUT2D eigenvalue weighted by atomic mass is 32.2. The first kappa shape index (κ1) is 28.3. The van der Waals surface area contributed by atoms with Gasteiger partial charge in [-0.3, -0.25) is 14.4 Å². The molecule has 4 N–H and O–H groups in total. The van der Waals surface area contributed by atoms with Crippen molar-refractivity contribution >= 4 is 34.0 Å². The van der Waals surface area contributed by atoms with Crippen molar-refractivity contribution in [1.29, 1.82) is 0 Å². The van der Waals surface area contributed by atoms with Crippen LogP contribution in [0.5, 0.6) is 0 Å². The van der Waals surface area contributed by atoms with Gasteiger partial charge < -0.3 is 20.7 Å². The topological polar surface area (TPSA) is 168 Å². The van der Waals surface area contributed by atoms with Crippen molar-refractivity contribution in [2.75, 3.05) is 13.1 Å². The number of amides is 4. The van der Waals surface area contributed by atoms with Gasteiger partial charge in [-0.25, -0.2) is 9.52 Å². The maximum absolute atomic E-state index is 13.5. The Kier molecular flexibility index (Phi) is 8.65. The molecule has 4 rings (SSSR count). The summed E-state index contributed by atoms with van der Waals surface area (Å²) < 4.78 is 34.8. The zero-order valence-corrected chi connectivity index (χ0v) is 22.7. The van der Waals surface area contributed by atoms with E-state index < -0.39 is 51.7 Å². The molecule has 12 nitrogen and oxygen atoms in total. The molecule has 0 aromatic carbocycles. The molecule has 5 unspecified atom stereocenters. The molecular weight excluding hydrogens is 514 g/mol. The Morgan fingerprint density at radius 3 is 2.58 bits per heavy atom. The fourth-order valence-corrected chi connectivity index (χ4v) is 7.35. The maximum Gasteiger partial charge on any atom is 0.405 e. The van der Waals surface area contributed by atoms with E-state index in [0.29, 0.717) is 45.2 Å². The van der Waals surface area contributed by atoms with E-state index in [-0.39, 0.29) is 18.4 Å². The molecule has 0 aromatic heterocycles. The van der Waals surface area contributed by atoms with Crippen LogP contribution in [0.15, 0.2) is 12.2 Å². The Balaban J connectivity index is 1.56. The van der Waals surface area contributed by atoms with Gasteiger partial charge in [0.05, 0.1) is 0 Å². The number of allylic oxidation sites excluding steroid dienone is 1. The predicted molar refractivity (Wildman–Crippen MR) is 137 cm³/mol. The number of carbonyl (C=O) groups excluding carboxylic acids is 4. The van der Waals surface area contributed by atoms with E-state index in [1.807, 2.05) is 19.1 Å². The highest BCUT2D eigenvalue weighted by molar-refractivity contribution is 7.87. The van der Waals surface area contributed by atoms with Crippen LogP contribution < -0.4 is 15.8 Å². The number of rotatable bonds is 4. The summed E-state index contributed by atoms with van der Waals surface area (Å²) in [5.41, 5.74) is 3.79. The third-order valence-electron chi connectivity index (χ3n) is 8.12. The maximum atomic E-state index is 13.5. The monoisotopic (exact) mass is 553 g/mol.